The summed E-state index contributed by atoms with van der Waals surface area (Å²) in [5.74, 6) is -2.57. The van der Waals surface area contributed by atoms with Crippen molar-refractivity contribution >= 4 is 34.8 Å². The number of furan rings is 1. The van der Waals surface area contributed by atoms with Crippen LogP contribution < -0.4 is 5.32 Å². The predicted octanol–water partition coefficient (Wildman–Crippen LogP) is 4.16. The first kappa shape index (κ1) is 24.3. The highest BCUT2D eigenvalue weighted by molar-refractivity contribution is 7.12. The first-order valence-electron chi connectivity index (χ1n) is 11.0. The van der Waals surface area contributed by atoms with Gasteiger partial charge in [-0.25, -0.2) is 14.2 Å². The molecule has 0 aliphatic carbocycles. The maximum absolute atomic E-state index is 14.0. The van der Waals surface area contributed by atoms with Crippen LogP contribution in [0.25, 0.3) is 0 Å². The van der Waals surface area contributed by atoms with Crippen LogP contribution in [-0.4, -0.2) is 41.2 Å². The van der Waals surface area contributed by atoms with Gasteiger partial charge in [-0.2, -0.15) is 5.10 Å². The van der Waals surface area contributed by atoms with Gasteiger partial charge in [0, 0.05) is 6.42 Å². The fourth-order valence-electron chi connectivity index (χ4n) is 3.69. The van der Waals surface area contributed by atoms with E-state index in [1.54, 1.807) is 26.0 Å². The topological polar surface area (TPSA) is 101 Å². The molecule has 0 radical (unpaired) electrons. The average molecular weight is 498 g/mol. The lowest BCUT2D eigenvalue weighted by Gasteiger charge is -2.23. The zero-order chi connectivity index (χ0) is 24.9. The number of nitrogens with zero attached hydrogens (tertiary/aromatic N) is 2. The van der Waals surface area contributed by atoms with Gasteiger partial charge in [-0.15, -0.1) is 11.3 Å². The van der Waals surface area contributed by atoms with Crippen LogP contribution in [0.2, 0.25) is 0 Å². The first-order chi connectivity index (χ1) is 16.8. The molecule has 10 heteroatoms. The Balaban J connectivity index is 1.43. The summed E-state index contributed by atoms with van der Waals surface area (Å²) in [4.78, 5) is 39.2. The molecule has 2 unspecified atom stereocenters. The van der Waals surface area contributed by atoms with Crippen LogP contribution in [0.4, 0.5) is 4.39 Å². The molecule has 1 aliphatic heterocycles. The Labute approximate surface area is 205 Å². The van der Waals surface area contributed by atoms with Crippen molar-refractivity contribution in [3.63, 3.8) is 0 Å². The highest BCUT2D eigenvalue weighted by Gasteiger charge is 2.36. The molecule has 0 fully saturated rings. The number of benzene rings is 1. The van der Waals surface area contributed by atoms with Crippen LogP contribution >= 0.6 is 11.3 Å². The molecule has 1 aromatic carbocycles. The van der Waals surface area contributed by atoms with E-state index < -0.39 is 42.3 Å². The second-order valence-electron chi connectivity index (χ2n) is 8.28. The van der Waals surface area contributed by atoms with Crippen molar-refractivity contribution in [2.75, 3.05) is 6.61 Å². The third-order valence-electron chi connectivity index (χ3n) is 5.51. The van der Waals surface area contributed by atoms with Crippen molar-refractivity contribution in [1.29, 1.82) is 0 Å². The summed E-state index contributed by atoms with van der Waals surface area (Å²) >= 11 is 1.51. The van der Waals surface area contributed by atoms with Gasteiger partial charge in [0.2, 0.25) is 0 Å². The van der Waals surface area contributed by atoms with Crippen molar-refractivity contribution in [3.05, 3.63) is 82.2 Å². The molecule has 4 rings (SSSR count). The van der Waals surface area contributed by atoms with Crippen LogP contribution in [-0.2, 0) is 14.3 Å². The van der Waals surface area contributed by atoms with Crippen LogP contribution in [0.3, 0.4) is 0 Å². The molecular weight excluding hydrogens is 473 g/mol. The minimum absolute atomic E-state index is 0.184. The summed E-state index contributed by atoms with van der Waals surface area (Å²) < 4.78 is 24.7. The Hall–Kier alpha value is -3.79. The van der Waals surface area contributed by atoms with Crippen LogP contribution in [0.1, 0.15) is 47.3 Å². The quantitative estimate of drug-likeness (QED) is 0.471. The second-order valence-corrected chi connectivity index (χ2v) is 9.23. The Morgan fingerprint density at radius 1 is 1.20 bits per heavy atom. The number of amides is 2. The molecule has 35 heavy (non-hydrogen) atoms. The van der Waals surface area contributed by atoms with Gasteiger partial charge in [-0.05, 0) is 41.6 Å². The maximum Gasteiger partial charge on any atom is 0.329 e. The minimum Gasteiger partial charge on any atom is -0.467 e. The van der Waals surface area contributed by atoms with Gasteiger partial charge in [0.15, 0.2) is 6.61 Å². The SMILES string of the molecule is CC(C)C(NC(=O)c1ccccc1F)C(=O)OCC(=O)N1N=C(c2cccs2)CC1c1ccco1. The van der Waals surface area contributed by atoms with E-state index in [2.05, 4.69) is 10.4 Å². The van der Waals surface area contributed by atoms with E-state index in [4.69, 9.17) is 9.15 Å². The number of thiophene rings is 1. The number of hydrazone groups is 1. The number of esters is 1. The number of halogens is 1. The fraction of sp³-hybridized carbons (Fsp3) is 0.280. The molecule has 3 aromatic rings. The zero-order valence-electron chi connectivity index (χ0n) is 19.1. The first-order valence-corrected chi connectivity index (χ1v) is 11.9. The monoisotopic (exact) mass is 497 g/mol. The Kier molecular flexibility index (Phi) is 7.40. The Morgan fingerprint density at radius 3 is 2.66 bits per heavy atom. The summed E-state index contributed by atoms with van der Waals surface area (Å²) in [5.41, 5.74) is 0.550. The van der Waals surface area contributed by atoms with Gasteiger partial charge in [0.25, 0.3) is 11.8 Å². The number of hydrogen-bond donors (Lipinski definition) is 1. The predicted molar refractivity (Wildman–Crippen MR) is 127 cm³/mol. The van der Waals surface area contributed by atoms with E-state index in [0.717, 1.165) is 16.7 Å². The number of carbonyl (C=O) groups excluding carboxylic acids is 3. The molecule has 3 heterocycles. The lowest BCUT2D eigenvalue weighted by atomic mass is 10.0. The van der Waals surface area contributed by atoms with Gasteiger partial charge in [0.05, 0.1) is 22.4 Å². The highest BCUT2D eigenvalue weighted by Crippen LogP contribution is 2.34. The van der Waals surface area contributed by atoms with Gasteiger partial charge in [-0.3, -0.25) is 9.59 Å². The van der Waals surface area contributed by atoms with Crippen molar-refractivity contribution in [2.24, 2.45) is 11.0 Å². The normalized spacial score (nSPS) is 16.2. The molecule has 0 spiro atoms. The van der Waals surface area contributed by atoms with E-state index in [1.165, 1.54) is 40.8 Å². The number of rotatable bonds is 8. The second kappa shape index (κ2) is 10.6. The number of ether oxygens (including phenoxy) is 1. The maximum atomic E-state index is 14.0. The Bertz CT molecular complexity index is 1220. The molecule has 182 valence electrons. The van der Waals surface area contributed by atoms with E-state index >= 15 is 0 Å². The van der Waals surface area contributed by atoms with E-state index in [-0.39, 0.29) is 11.5 Å². The summed E-state index contributed by atoms with van der Waals surface area (Å²) in [6.45, 7) is 2.84. The molecule has 1 N–H and O–H groups in total. The summed E-state index contributed by atoms with van der Waals surface area (Å²) in [7, 11) is 0. The van der Waals surface area contributed by atoms with E-state index in [0.29, 0.717) is 12.2 Å². The van der Waals surface area contributed by atoms with Crippen molar-refractivity contribution in [2.45, 2.75) is 32.4 Å². The largest absolute Gasteiger partial charge is 0.467 e. The molecule has 8 nitrogen and oxygen atoms in total. The van der Waals surface area contributed by atoms with Gasteiger partial charge < -0.3 is 14.5 Å². The van der Waals surface area contributed by atoms with Crippen LogP contribution in [0, 0.1) is 11.7 Å². The van der Waals surface area contributed by atoms with E-state index in [9.17, 15) is 18.8 Å². The third kappa shape index (κ3) is 5.48. The van der Waals surface area contributed by atoms with Gasteiger partial charge in [-0.1, -0.05) is 32.0 Å². The zero-order valence-corrected chi connectivity index (χ0v) is 20.0. The summed E-state index contributed by atoms with van der Waals surface area (Å²) in [6.07, 6.45) is 1.98. The third-order valence-corrected chi connectivity index (χ3v) is 6.43. The van der Waals surface area contributed by atoms with Crippen molar-refractivity contribution < 1.29 is 27.9 Å². The number of hydrogen-bond acceptors (Lipinski definition) is 7. The molecule has 0 saturated carbocycles. The fourth-order valence-corrected chi connectivity index (χ4v) is 4.41. The van der Waals surface area contributed by atoms with Gasteiger partial charge >= 0.3 is 5.97 Å². The Morgan fingerprint density at radius 2 is 2.00 bits per heavy atom. The molecule has 1 aliphatic rings. The number of carbonyl (C=O) groups is 3. The van der Waals surface area contributed by atoms with E-state index in [1.807, 2.05) is 17.5 Å². The summed E-state index contributed by atoms with van der Waals surface area (Å²) in [5, 5.41) is 10.2. The lowest BCUT2D eigenvalue weighted by Crippen LogP contribution is -2.46. The van der Waals surface area contributed by atoms with Crippen LogP contribution in [0.5, 0.6) is 0 Å². The standard InChI is InChI=1S/C25H24FN3O5S/c1-15(2)23(27-24(31)16-7-3-4-8-17(16)26)25(32)34-14-22(30)29-19(20-9-5-11-33-20)13-18(28-29)21-10-6-12-35-21/h3-12,15,19,23H,13-14H2,1-2H3,(H,27,31). The van der Waals surface area contributed by atoms with Crippen molar-refractivity contribution in [3.8, 4) is 0 Å². The molecule has 2 atom stereocenters. The molecule has 2 amide bonds. The summed E-state index contributed by atoms with van der Waals surface area (Å²) in [6, 6.07) is 11.2. The van der Waals surface area contributed by atoms with Gasteiger partial charge in [0.1, 0.15) is 23.7 Å². The molecule has 0 bridgehead atoms. The van der Waals surface area contributed by atoms with Crippen LogP contribution in [0.15, 0.2) is 69.7 Å². The smallest absolute Gasteiger partial charge is 0.329 e. The van der Waals surface area contributed by atoms with Crippen molar-refractivity contribution in [1.82, 2.24) is 10.3 Å². The number of nitrogens with one attached hydrogen (secondary N) is 1. The molecule has 0 saturated heterocycles. The molecular formula is C25H24FN3O5S. The molecule has 2 aromatic heterocycles. The highest BCUT2D eigenvalue weighted by atomic mass is 32.1. The minimum atomic E-state index is -1.07. The average Bonchev–Trinajstić information content (AvgIpc) is 3.61. The lowest BCUT2D eigenvalue weighted by molar-refractivity contribution is -0.155.